The molecule has 2 aromatic carbocycles. The molecule has 146 valence electrons. The number of likely N-dealkylation sites (N-methyl/N-ethyl adjacent to an activating group) is 1. The molecular formula is C19H22F2N2O3S. The standard InChI is InChI=1S/C19H22F2N2O3S/c1-23(11-13-4-7-15(25-2)10-17(13)26-3)12-18(24)22-14-5-8-16(9-6-14)27-19(20)21/h4-10,19H,11-12H2,1-3H3,(H,22,24). The molecule has 0 aromatic heterocycles. The number of benzene rings is 2. The summed E-state index contributed by atoms with van der Waals surface area (Å²) >= 11 is 0.469. The van der Waals surface area contributed by atoms with Crippen molar-refractivity contribution in [3.8, 4) is 11.5 Å². The quantitative estimate of drug-likeness (QED) is 0.647. The van der Waals surface area contributed by atoms with Crippen molar-refractivity contribution in [3.63, 3.8) is 0 Å². The zero-order chi connectivity index (χ0) is 19.8. The smallest absolute Gasteiger partial charge is 0.288 e. The Bertz CT molecular complexity index is 757. The number of nitrogens with zero attached hydrogens (tertiary/aromatic N) is 1. The van der Waals surface area contributed by atoms with Crippen molar-refractivity contribution >= 4 is 23.4 Å². The summed E-state index contributed by atoms with van der Waals surface area (Å²) in [7, 11) is 5.00. The van der Waals surface area contributed by atoms with Crippen LogP contribution in [0.1, 0.15) is 5.56 Å². The van der Waals surface area contributed by atoms with Crippen LogP contribution in [0.5, 0.6) is 11.5 Å². The van der Waals surface area contributed by atoms with E-state index in [4.69, 9.17) is 9.47 Å². The zero-order valence-corrected chi connectivity index (χ0v) is 16.2. The molecule has 0 radical (unpaired) electrons. The Labute approximate surface area is 161 Å². The fourth-order valence-electron chi connectivity index (χ4n) is 2.49. The summed E-state index contributed by atoms with van der Waals surface area (Å²) in [6, 6.07) is 11.8. The highest BCUT2D eigenvalue weighted by Gasteiger charge is 2.12. The van der Waals surface area contributed by atoms with Gasteiger partial charge in [0.2, 0.25) is 5.91 Å². The lowest BCUT2D eigenvalue weighted by Crippen LogP contribution is -2.29. The van der Waals surface area contributed by atoms with Crippen molar-refractivity contribution in [1.29, 1.82) is 0 Å². The molecule has 1 amide bonds. The number of amides is 1. The van der Waals surface area contributed by atoms with E-state index in [2.05, 4.69) is 5.32 Å². The maximum Gasteiger partial charge on any atom is 0.288 e. The molecule has 2 rings (SSSR count). The lowest BCUT2D eigenvalue weighted by molar-refractivity contribution is -0.117. The van der Waals surface area contributed by atoms with Crippen molar-refractivity contribution in [2.75, 3.05) is 33.1 Å². The molecule has 5 nitrogen and oxygen atoms in total. The molecule has 0 heterocycles. The minimum Gasteiger partial charge on any atom is -0.497 e. The number of hydrogen-bond donors (Lipinski definition) is 1. The average Bonchev–Trinajstić information content (AvgIpc) is 2.63. The molecule has 0 atom stereocenters. The topological polar surface area (TPSA) is 50.8 Å². The molecule has 0 aliphatic rings. The van der Waals surface area contributed by atoms with E-state index in [0.29, 0.717) is 40.4 Å². The van der Waals surface area contributed by atoms with Gasteiger partial charge in [0.05, 0.1) is 20.8 Å². The third-order valence-electron chi connectivity index (χ3n) is 3.71. The number of methoxy groups -OCH3 is 2. The van der Waals surface area contributed by atoms with Gasteiger partial charge in [0.25, 0.3) is 5.76 Å². The number of alkyl halides is 2. The lowest BCUT2D eigenvalue weighted by atomic mass is 10.2. The molecule has 2 aromatic rings. The van der Waals surface area contributed by atoms with Crippen LogP contribution in [0.3, 0.4) is 0 Å². The van der Waals surface area contributed by atoms with E-state index in [1.165, 1.54) is 0 Å². The van der Waals surface area contributed by atoms with Crippen LogP contribution in [0, 0.1) is 0 Å². The average molecular weight is 396 g/mol. The number of carbonyl (C=O) groups is 1. The molecule has 0 aliphatic heterocycles. The minimum absolute atomic E-state index is 0.169. The van der Waals surface area contributed by atoms with Crippen LogP contribution in [-0.2, 0) is 11.3 Å². The SMILES string of the molecule is COc1ccc(CN(C)CC(=O)Nc2ccc(SC(F)F)cc2)c(OC)c1. The normalized spacial score (nSPS) is 10.9. The predicted octanol–water partition coefficient (Wildman–Crippen LogP) is 4.09. The first-order valence-electron chi connectivity index (χ1n) is 8.15. The van der Waals surface area contributed by atoms with Crippen molar-refractivity contribution in [3.05, 3.63) is 48.0 Å². The summed E-state index contributed by atoms with van der Waals surface area (Å²) in [5, 5.41) is 2.76. The number of thioether (sulfide) groups is 1. The molecule has 0 spiro atoms. The third-order valence-corrected chi connectivity index (χ3v) is 4.43. The van der Waals surface area contributed by atoms with Crippen LogP contribution in [0.2, 0.25) is 0 Å². The number of rotatable bonds is 9. The molecule has 0 saturated carbocycles. The molecule has 27 heavy (non-hydrogen) atoms. The van der Waals surface area contributed by atoms with Gasteiger partial charge in [-0.25, -0.2) is 0 Å². The first-order chi connectivity index (χ1) is 12.9. The van der Waals surface area contributed by atoms with E-state index < -0.39 is 5.76 Å². The Morgan fingerprint density at radius 1 is 1.15 bits per heavy atom. The van der Waals surface area contributed by atoms with Crippen LogP contribution in [0.4, 0.5) is 14.5 Å². The number of carbonyl (C=O) groups excluding carboxylic acids is 1. The Hall–Kier alpha value is -2.32. The van der Waals surface area contributed by atoms with E-state index >= 15 is 0 Å². The van der Waals surface area contributed by atoms with Crippen LogP contribution in [-0.4, -0.2) is 44.4 Å². The molecule has 0 unspecified atom stereocenters. The summed E-state index contributed by atoms with van der Waals surface area (Å²) in [6.45, 7) is 0.688. The van der Waals surface area contributed by atoms with E-state index in [0.717, 1.165) is 5.56 Å². The second kappa shape index (κ2) is 10.1. The number of anilines is 1. The van der Waals surface area contributed by atoms with Gasteiger partial charge in [-0.05, 0) is 37.4 Å². The Kier molecular flexibility index (Phi) is 7.87. The predicted molar refractivity (Wildman–Crippen MR) is 103 cm³/mol. The Morgan fingerprint density at radius 3 is 2.44 bits per heavy atom. The fourth-order valence-corrected chi connectivity index (χ4v) is 2.99. The van der Waals surface area contributed by atoms with Gasteiger partial charge < -0.3 is 14.8 Å². The maximum atomic E-state index is 12.3. The summed E-state index contributed by atoms with van der Waals surface area (Å²) < 4.78 is 35.2. The molecule has 8 heteroatoms. The van der Waals surface area contributed by atoms with Gasteiger partial charge in [0.15, 0.2) is 0 Å². The van der Waals surface area contributed by atoms with Gasteiger partial charge in [-0.1, -0.05) is 17.8 Å². The first-order valence-corrected chi connectivity index (χ1v) is 9.03. The van der Waals surface area contributed by atoms with Crippen molar-refractivity contribution in [2.45, 2.75) is 17.2 Å². The lowest BCUT2D eigenvalue weighted by Gasteiger charge is -2.18. The molecule has 0 aliphatic carbocycles. The second-order valence-corrected chi connectivity index (χ2v) is 6.86. The van der Waals surface area contributed by atoms with E-state index in [1.807, 2.05) is 24.1 Å². The highest BCUT2D eigenvalue weighted by atomic mass is 32.2. The van der Waals surface area contributed by atoms with Crippen molar-refractivity contribution < 1.29 is 23.0 Å². The van der Waals surface area contributed by atoms with Gasteiger partial charge >= 0.3 is 0 Å². The van der Waals surface area contributed by atoms with Gasteiger partial charge in [0.1, 0.15) is 11.5 Å². The molecule has 0 saturated heterocycles. The third kappa shape index (κ3) is 6.73. The molecule has 0 fully saturated rings. The van der Waals surface area contributed by atoms with Crippen LogP contribution in [0.25, 0.3) is 0 Å². The molecule has 1 N–H and O–H groups in total. The van der Waals surface area contributed by atoms with E-state index in [9.17, 15) is 13.6 Å². The fraction of sp³-hybridized carbons (Fsp3) is 0.316. The number of nitrogens with one attached hydrogen (secondary N) is 1. The van der Waals surface area contributed by atoms with Gasteiger partial charge in [-0.3, -0.25) is 9.69 Å². The van der Waals surface area contributed by atoms with Gasteiger partial charge in [-0.15, -0.1) is 0 Å². The highest BCUT2D eigenvalue weighted by molar-refractivity contribution is 7.99. The van der Waals surface area contributed by atoms with Gasteiger partial charge in [-0.2, -0.15) is 8.78 Å². The van der Waals surface area contributed by atoms with E-state index in [1.54, 1.807) is 44.6 Å². The Morgan fingerprint density at radius 2 is 1.85 bits per heavy atom. The number of hydrogen-bond acceptors (Lipinski definition) is 5. The van der Waals surface area contributed by atoms with Crippen LogP contribution in [0.15, 0.2) is 47.4 Å². The number of halogens is 2. The first kappa shape index (κ1) is 21.0. The summed E-state index contributed by atoms with van der Waals surface area (Å²) in [5.74, 6) is -1.27. The molecule has 0 bridgehead atoms. The monoisotopic (exact) mass is 396 g/mol. The second-order valence-electron chi connectivity index (χ2n) is 5.80. The molecular weight excluding hydrogens is 374 g/mol. The summed E-state index contributed by atoms with van der Waals surface area (Å²) in [5.41, 5.74) is 1.50. The van der Waals surface area contributed by atoms with Gasteiger partial charge in [0, 0.05) is 28.8 Å². The minimum atomic E-state index is -2.46. The van der Waals surface area contributed by atoms with Crippen molar-refractivity contribution in [1.82, 2.24) is 4.90 Å². The largest absolute Gasteiger partial charge is 0.497 e. The van der Waals surface area contributed by atoms with E-state index in [-0.39, 0.29) is 12.5 Å². The Balaban J connectivity index is 1.90. The summed E-state index contributed by atoms with van der Waals surface area (Å²) in [4.78, 5) is 14.5. The zero-order valence-electron chi connectivity index (χ0n) is 15.4. The van der Waals surface area contributed by atoms with Crippen LogP contribution >= 0.6 is 11.8 Å². The van der Waals surface area contributed by atoms with Crippen LogP contribution < -0.4 is 14.8 Å². The van der Waals surface area contributed by atoms with Crippen molar-refractivity contribution in [2.24, 2.45) is 0 Å². The highest BCUT2D eigenvalue weighted by Crippen LogP contribution is 2.27. The maximum absolute atomic E-state index is 12.3. The number of ether oxygens (including phenoxy) is 2. The summed E-state index contributed by atoms with van der Waals surface area (Å²) in [6.07, 6.45) is 0.